The minimum atomic E-state index is -0.00182. The van der Waals surface area contributed by atoms with Gasteiger partial charge >= 0.3 is 0 Å². The highest BCUT2D eigenvalue weighted by atomic mass is 16.3. The third-order valence-corrected chi connectivity index (χ3v) is 3.09. The van der Waals surface area contributed by atoms with Gasteiger partial charge in [-0.05, 0) is 36.5 Å². The van der Waals surface area contributed by atoms with Gasteiger partial charge in [0.2, 0.25) is 5.91 Å². The van der Waals surface area contributed by atoms with Crippen LogP contribution in [0.1, 0.15) is 18.4 Å². The fourth-order valence-electron chi connectivity index (χ4n) is 1.92. The van der Waals surface area contributed by atoms with Crippen LogP contribution in [0.3, 0.4) is 0 Å². The zero-order valence-corrected chi connectivity index (χ0v) is 9.73. The second-order valence-electron chi connectivity index (χ2n) is 4.59. The van der Waals surface area contributed by atoms with Crippen molar-refractivity contribution in [3.05, 3.63) is 29.8 Å². The van der Waals surface area contributed by atoms with Crippen LogP contribution in [-0.4, -0.2) is 23.6 Å². The summed E-state index contributed by atoms with van der Waals surface area (Å²) in [6.07, 6.45) is 2.67. The van der Waals surface area contributed by atoms with E-state index in [1.165, 1.54) is 12.8 Å². The minimum Gasteiger partial charge on any atom is -0.508 e. The predicted octanol–water partition coefficient (Wildman–Crippen LogP) is 0.788. The first-order chi connectivity index (χ1) is 8.19. The summed E-state index contributed by atoms with van der Waals surface area (Å²) in [5, 5.41) is 12.1. The monoisotopic (exact) mass is 234 g/mol. The zero-order chi connectivity index (χ0) is 12.3. The van der Waals surface area contributed by atoms with Crippen molar-refractivity contribution in [2.24, 2.45) is 11.7 Å². The van der Waals surface area contributed by atoms with Gasteiger partial charge in [-0.2, -0.15) is 0 Å². The van der Waals surface area contributed by atoms with Gasteiger partial charge in [-0.15, -0.1) is 0 Å². The van der Waals surface area contributed by atoms with E-state index in [0.717, 1.165) is 5.56 Å². The molecule has 2 rings (SSSR count). The lowest BCUT2D eigenvalue weighted by Gasteiger charge is -2.15. The van der Waals surface area contributed by atoms with Crippen LogP contribution in [0.5, 0.6) is 5.75 Å². The molecule has 1 saturated carbocycles. The van der Waals surface area contributed by atoms with Gasteiger partial charge in [-0.3, -0.25) is 4.79 Å². The summed E-state index contributed by atoms with van der Waals surface area (Å²) < 4.78 is 0. The van der Waals surface area contributed by atoms with Crippen LogP contribution in [0.4, 0.5) is 0 Å². The van der Waals surface area contributed by atoms with Crippen LogP contribution < -0.4 is 11.1 Å². The van der Waals surface area contributed by atoms with Crippen molar-refractivity contribution in [3.63, 3.8) is 0 Å². The lowest BCUT2D eigenvalue weighted by Crippen LogP contribution is -2.42. The van der Waals surface area contributed by atoms with E-state index in [4.69, 9.17) is 10.8 Å². The first kappa shape index (κ1) is 11.9. The highest BCUT2D eigenvalue weighted by molar-refractivity contribution is 5.79. The predicted molar refractivity (Wildman–Crippen MR) is 65.5 cm³/mol. The van der Waals surface area contributed by atoms with E-state index < -0.39 is 0 Å². The summed E-state index contributed by atoms with van der Waals surface area (Å²) in [6, 6.07) is 6.81. The summed E-state index contributed by atoms with van der Waals surface area (Å²) in [6.45, 7) is 0.506. The third-order valence-electron chi connectivity index (χ3n) is 3.09. The van der Waals surface area contributed by atoms with E-state index >= 15 is 0 Å². The summed E-state index contributed by atoms with van der Waals surface area (Å²) in [5.74, 6) is 0.786. The summed E-state index contributed by atoms with van der Waals surface area (Å²) in [4.78, 5) is 11.8. The number of carbonyl (C=O) groups is 1. The number of aromatic hydroxyl groups is 1. The SMILES string of the molecule is NCC(NC(=O)Cc1ccc(O)cc1)C1CC1. The van der Waals surface area contributed by atoms with Gasteiger partial charge in [-0.1, -0.05) is 12.1 Å². The number of nitrogens with two attached hydrogens (primary N) is 1. The maximum absolute atomic E-state index is 11.8. The Labute approximate surface area is 101 Å². The highest BCUT2D eigenvalue weighted by Gasteiger charge is 2.31. The Kier molecular flexibility index (Phi) is 3.64. The van der Waals surface area contributed by atoms with Gasteiger partial charge < -0.3 is 16.2 Å². The Morgan fingerprint density at radius 2 is 2.06 bits per heavy atom. The third kappa shape index (κ3) is 3.46. The van der Waals surface area contributed by atoms with Gasteiger partial charge in [0.15, 0.2) is 0 Å². The second kappa shape index (κ2) is 5.19. The molecule has 1 aromatic rings. The molecule has 4 nitrogen and oxygen atoms in total. The maximum Gasteiger partial charge on any atom is 0.224 e. The number of hydrogen-bond acceptors (Lipinski definition) is 3. The maximum atomic E-state index is 11.8. The zero-order valence-electron chi connectivity index (χ0n) is 9.73. The number of carbonyl (C=O) groups excluding carboxylic acids is 1. The fraction of sp³-hybridized carbons (Fsp3) is 0.462. The van der Waals surface area contributed by atoms with E-state index in [2.05, 4.69) is 5.32 Å². The molecule has 1 aliphatic rings. The summed E-state index contributed by atoms with van der Waals surface area (Å²) >= 11 is 0. The molecular formula is C13H18N2O2. The van der Waals surface area contributed by atoms with Crippen molar-refractivity contribution < 1.29 is 9.90 Å². The van der Waals surface area contributed by atoms with Crippen molar-refractivity contribution in [1.82, 2.24) is 5.32 Å². The van der Waals surface area contributed by atoms with E-state index in [1.54, 1.807) is 24.3 Å². The van der Waals surface area contributed by atoms with Crippen LogP contribution in [-0.2, 0) is 11.2 Å². The molecule has 1 fully saturated rings. The van der Waals surface area contributed by atoms with Gasteiger partial charge in [0, 0.05) is 12.6 Å². The largest absolute Gasteiger partial charge is 0.508 e. The molecule has 4 heteroatoms. The summed E-state index contributed by atoms with van der Waals surface area (Å²) in [7, 11) is 0. The van der Waals surface area contributed by atoms with E-state index in [-0.39, 0.29) is 17.7 Å². The van der Waals surface area contributed by atoms with Gasteiger partial charge in [0.25, 0.3) is 0 Å². The number of nitrogens with one attached hydrogen (secondary N) is 1. The summed E-state index contributed by atoms with van der Waals surface area (Å²) in [5.41, 5.74) is 6.52. The molecule has 92 valence electrons. The molecule has 1 aromatic carbocycles. The van der Waals surface area contributed by atoms with Crippen molar-refractivity contribution >= 4 is 5.91 Å². The first-order valence-corrected chi connectivity index (χ1v) is 5.96. The Morgan fingerprint density at radius 1 is 1.41 bits per heavy atom. The molecule has 1 atom stereocenters. The topological polar surface area (TPSA) is 75.3 Å². The van der Waals surface area contributed by atoms with Crippen LogP contribution in [0.25, 0.3) is 0 Å². The number of hydrogen-bond donors (Lipinski definition) is 3. The normalized spacial score (nSPS) is 16.5. The Balaban J connectivity index is 1.85. The minimum absolute atomic E-state index is 0.00182. The first-order valence-electron chi connectivity index (χ1n) is 5.96. The number of benzene rings is 1. The Hall–Kier alpha value is -1.55. The van der Waals surface area contributed by atoms with E-state index in [1.807, 2.05) is 0 Å². The molecule has 17 heavy (non-hydrogen) atoms. The Morgan fingerprint density at radius 3 is 2.59 bits per heavy atom. The molecule has 1 unspecified atom stereocenters. The molecule has 4 N–H and O–H groups in total. The standard InChI is InChI=1S/C13H18N2O2/c14-8-12(10-3-4-10)15-13(17)7-9-1-5-11(16)6-2-9/h1-2,5-6,10,12,16H,3-4,7-8,14H2,(H,15,17). The number of phenols is 1. The van der Waals surface area contributed by atoms with Crippen LogP contribution in [0.2, 0.25) is 0 Å². The molecule has 0 saturated heterocycles. The highest BCUT2D eigenvalue weighted by Crippen LogP contribution is 2.32. The molecule has 0 radical (unpaired) electrons. The second-order valence-corrected chi connectivity index (χ2v) is 4.59. The molecule has 0 heterocycles. The molecular weight excluding hydrogens is 216 g/mol. The average molecular weight is 234 g/mol. The van der Waals surface area contributed by atoms with E-state index in [9.17, 15) is 4.79 Å². The van der Waals surface area contributed by atoms with Crippen LogP contribution in [0.15, 0.2) is 24.3 Å². The number of amides is 1. The van der Waals surface area contributed by atoms with Gasteiger partial charge in [-0.25, -0.2) is 0 Å². The lowest BCUT2D eigenvalue weighted by molar-refractivity contribution is -0.121. The number of phenolic OH excluding ortho intramolecular Hbond substituents is 1. The lowest BCUT2D eigenvalue weighted by atomic mass is 10.1. The molecule has 1 aliphatic carbocycles. The molecule has 1 amide bonds. The quantitative estimate of drug-likeness (QED) is 0.705. The Bertz CT molecular complexity index is 385. The average Bonchev–Trinajstić information content (AvgIpc) is 3.13. The molecule has 0 spiro atoms. The molecule has 0 aliphatic heterocycles. The van der Waals surface area contributed by atoms with Gasteiger partial charge in [0.05, 0.1) is 6.42 Å². The van der Waals surface area contributed by atoms with E-state index in [0.29, 0.717) is 18.9 Å². The van der Waals surface area contributed by atoms with Crippen molar-refractivity contribution in [2.75, 3.05) is 6.54 Å². The van der Waals surface area contributed by atoms with Crippen molar-refractivity contribution in [1.29, 1.82) is 0 Å². The van der Waals surface area contributed by atoms with Crippen molar-refractivity contribution in [2.45, 2.75) is 25.3 Å². The fourth-order valence-corrected chi connectivity index (χ4v) is 1.92. The van der Waals surface area contributed by atoms with Crippen LogP contribution in [0, 0.1) is 5.92 Å². The number of rotatable bonds is 5. The smallest absolute Gasteiger partial charge is 0.224 e. The molecule has 0 aromatic heterocycles. The van der Waals surface area contributed by atoms with Gasteiger partial charge in [0.1, 0.15) is 5.75 Å². The molecule has 0 bridgehead atoms. The van der Waals surface area contributed by atoms with Crippen LogP contribution >= 0.6 is 0 Å². The van der Waals surface area contributed by atoms with Crippen molar-refractivity contribution in [3.8, 4) is 5.75 Å².